The van der Waals surface area contributed by atoms with Crippen molar-refractivity contribution in [1.29, 1.82) is 0 Å². The third kappa shape index (κ3) is 3.67. The molecular formula is C25H33ClN2O2. The van der Waals surface area contributed by atoms with Crippen LogP contribution in [0.15, 0.2) is 35.4 Å². The normalized spacial score (nSPS) is 34.6. The summed E-state index contributed by atoms with van der Waals surface area (Å²) in [5.41, 5.74) is 4.66. The lowest BCUT2D eigenvalue weighted by molar-refractivity contribution is -0.145. The topological polar surface area (TPSA) is 32.8 Å². The van der Waals surface area contributed by atoms with Crippen molar-refractivity contribution in [1.82, 2.24) is 4.90 Å². The zero-order chi connectivity index (χ0) is 20.9. The van der Waals surface area contributed by atoms with Crippen molar-refractivity contribution >= 4 is 23.3 Å². The van der Waals surface area contributed by atoms with E-state index in [1.54, 1.807) is 11.1 Å². The summed E-state index contributed by atoms with van der Waals surface area (Å²) in [7, 11) is 0. The summed E-state index contributed by atoms with van der Waals surface area (Å²) in [5, 5.41) is 0.784. The van der Waals surface area contributed by atoms with Gasteiger partial charge in [0.15, 0.2) is 0 Å². The number of halogens is 1. The number of esters is 1. The molecule has 0 bridgehead atoms. The molecule has 2 aliphatic heterocycles. The van der Waals surface area contributed by atoms with Gasteiger partial charge in [-0.15, -0.1) is 0 Å². The van der Waals surface area contributed by atoms with Crippen LogP contribution in [-0.4, -0.2) is 49.7 Å². The highest BCUT2D eigenvalue weighted by molar-refractivity contribution is 6.30. The fourth-order valence-corrected chi connectivity index (χ4v) is 6.65. The SMILES string of the molecule is CC1=C2CC3C(CC2(C)CCC1)OC(=O)C3CN1CCN(c2cccc(Cl)c2)CC1. The Hall–Kier alpha value is -1.52. The molecule has 0 aromatic heterocycles. The molecule has 0 spiro atoms. The highest BCUT2D eigenvalue weighted by Crippen LogP contribution is 2.55. The summed E-state index contributed by atoms with van der Waals surface area (Å²) in [4.78, 5) is 17.7. The average Bonchev–Trinajstić information content (AvgIpc) is 3.01. The summed E-state index contributed by atoms with van der Waals surface area (Å²) < 4.78 is 5.96. The fourth-order valence-electron chi connectivity index (χ4n) is 6.46. The highest BCUT2D eigenvalue weighted by atomic mass is 35.5. The Labute approximate surface area is 185 Å². The number of rotatable bonds is 3. The molecule has 4 unspecified atom stereocenters. The first-order chi connectivity index (χ1) is 14.4. The summed E-state index contributed by atoms with van der Waals surface area (Å²) in [5.74, 6) is 0.432. The van der Waals surface area contributed by atoms with Gasteiger partial charge in [0.25, 0.3) is 0 Å². The Morgan fingerprint density at radius 3 is 2.80 bits per heavy atom. The van der Waals surface area contributed by atoms with E-state index in [0.717, 1.165) is 50.6 Å². The third-order valence-electron chi connectivity index (χ3n) is 8.18. The molecule has 0 amide bonds. The lowest BCUT2D eigenvalue weighted by Gasteiger charge is -2.46. The monoisotopic (exact) mass is 428 g/mol. The molecule has 30 heavy (non-hydrogen) atoms. The van der Waals surface area contributed by atoms with Crippen LogP contribution in [0.25, 0.3) is 0 Å². The first kappa shape index (κ1) is 20.4. The molecule has 0 N–H and O–H groups in total. The van der Waals surface area contributed by atoms with E-state index in [2.05, 4.69) is 29.7 Å². The Bertz CT molecular complexity index is 860. The molecule has 2 heterocycles. The highest BCUT2D eigenvalue weighted by Gasteiger charge is 2.53. The quantitative estimate of drug-likeness (QED) is 0.505. The molecule has 4 nitrogen and oxygen atoms in total. The third-order valence-corrected chi connectivity index (χ3v) is 8.42. The van der Waals surface area contributed by atoms with Crippen molar-refractivity contribution in [3.63, 3.8) is 0 Å². The van der Waals surface area contributed by atoms with Gasteiger partial charge in [0.2, 0.25) is 0 Å². The van der Waals surface area contributed by atoms with Crippen molar-refractivity contribution in [2.24, 2.45) is 17.3 Å². The number of ether oxygens (including phenoxy) is 1. The van der Waals surface area contributed by atoms with E-state index >= 15 is 0 Å². The summed E-state index contributed by atoms with van der Waals surface area (Å²) >= 11 is 6.16. The van der Waals surface area contributed by atoms with E-state index in [1.807, 2.05) is 18.2 Å². The van der Waals surface area contributed by atoms with Crippen LogP contribution in [0.2, 0.25) is 5.02 Å². The lowest BCUT2D eigenvalue weighted by Crippen LogP contribution is -2.49. The molecule has 3 fully saturated rings. The number of carbonyl (C=O) groups excluding carboxylic acids is 1. The van der Waals surface area contributed by atoms with Gasteiger partial charge in [0.05, 0.1) is 5.92 Å². The van der Waals surface area contributed by atoms with E-state index in [1.165, 1.54) is 24.9 Å². The standard InChI is InChI=1S/C25H33ClN2O2/c1-17-5-4-8-25(2)15-23-20(14-22(17)25)21(24(29)30-23)16-27-9-11-28(12-10-27)19-7-3-6-18(26)13-19/h3,6-7,13,20-21,23H,4-5,8-12,14-16H2,1-2H3. The Morgan fingerprint density at radius 1 is 1.23 bits per heavy atom. The summed E-state index contributed by atoms with van der Waals surface area (Å²) in [6.07, 6.45) is 5.96. The van der Waals surface area contributed by atoms with Crippen LogP contribution in [0.5, 0.6) is 0 Å². The number of piperazine rings is 1. The van der Waals surface area contributed by atoms with Crippen molar-refractivity contribution in [3.05, 3.63) is 40.4 Å². The van der Waals surface area contributed by atoms with Crippen molar-refractivity contribution in [3.8, 4) is 0 Å². The number of anilines is 1. The first-order valence-corrected chi connectivity index (χ1v) is 11.9. The van der Waals surface area contributed by atoms with Crippen LogP contribution >= 0.6 is 11.6 Å². The molecule has 1 aromatic carbocycles. The Morgan fingerprint density at radius 2 is 2.03 bits per heavy atom. The molecule has 4 atom stereocenters. The molecule has 5 rings (SSSR count). The van der Waals surface area contributed by atoms with Crippen LogP contribution in [0.4, 0.5) is 5.69 Å². The molecule has 5 heteroatoms. The number of nitrogens with zero attached hydrogens (tertiary/aromatic N) is 2. The summed E-state index contributed by atoms with van der Waals surface area (Å²) in [6.45, 7) is 9.45. The Balaban J connectivity index is 1.24. The Kier molecular flexibility index (Phi) is 5.35. The molecular weight excluding hydrogens is 396 g/mol. The minimum atomic E-state index is 0.0273. The van der Waals surface area contributed by atoms with Gasteiger partial charge in [-0.05, 0) is 62.6 Å². The maximum atomic E-state index is 12.8. The van der Waals surface area contributed by atoms with Crippen LogP contribution < -0.4 is 4.90 Å². The minimum Gasteiger partial charge on any atom is -0.462 e. The van der Waals surface area contributed by atoms with E-state index in [-0.39, 0.29) is 23.4 Å². The first-order valence-electron chi connectivity index (χ1n) is 11.6. The zero-order valence-corrected chi connectivity index (χ0v) is 19.0. The van der Waals surface area contributed by atoms with E-state index in [0.29, 0.717) is 5.92 Å². The number of benzene rings is 1. The lowest BCUT2D eigenvalue weighted by atomic mass is 9.59. The van der Waals surface area contributed by atoms with Gasteiger partial charge in [-0.25, -0.2) is 0 Å². The van der Waals surface area contributed by atoms with Crippen molar-refractivity contribution < 1.29 is 9.53 Å². The van der Waals surface area contributed by atoms with Gasteiger partial charge in [-0.3, -0.25) is 9.69 Å². The maximum Gasteiger partial charge on any atom is 0.310 e. The van der Waals surface area contributed by atoms with Crippen molar-refractivity contribution in [2.45, 2.75) is 52.1 Å². The predicted octanol–water partition coefficient (Wildman–Crippen LogP) is 4.92. The van der Waals surface area contributed by atoms with E-state index in [4.69, 9.17) is 16.3 Å². The molecule has 4 aliphatic rings. The molecule has 2 saturated heterocycles. The molecule has 162 valence electrons. The molecule has 2 aliphatic carbocycles. The van der Waals surface area contributed by atoms with E-state index in [9.17, 15) is 4.79 Å². The number of fused-ring (bicyclic) bond motifs is 2. The zero-order valence-electron chi connectivity index (χ0n) is 18.2. The number of carbonyl (C=O) groups is 1. The van der Waals surface area contributed by atoms with Gasteiger partial charge in [-0.2, -0.15) is 0 Å². The number of allylic oxidation sites excluding steroid dienone is 2. The molecule has 1 saturated carbocycles. The average molecular weight is 429 g/mol. The van der Waals surface area contributed by atoms with Gasteiger partial charge >= 0.3 is 5.97 Å². The van der Waals surface area contributed by atoms with Crippen LogP contribution in [0, 0.1) is 17.3 Å². The second-order valence-corrected chi connectivity index (χ2v) is 10.5. The fraction of sp³-hybridized carbons (Fsp3) is 0.640. The maximum absolute atomic E-state index is 12.8. The number of hydrogen-bond acceptors (Lipinski definition) is 4. The van der Waals surface area contributed by atoms with Crippen LogP contribution in [0.3, 0.4) is 0 Å². The van der Waals surface area contributed by atoms with Gasteiger partial charge in [0, 0.05) is 49.4 Å². The van der Waals surface area contributed by atoms with Crippen LogP contribution in [0.1, 0.15) is 46.0 Å². The van der Waals surface area contributed by atoms with Crippen LogP contribution in [-0.2, 0) is 9.53 Å². The second-order valence-electron chi connectivity index (χ2n) is 10.1. The van der Waals surface area contributed by atoms with Crippen molar-refractivity contribution in [2.75, 3.05) is 37.6 Å². The van der Waals surface area contributed by atoms with Gasteiger partial charge in [0.1, 0.15) is 6.10 Å². The second kappa shape index (κ2) is 7.87. The summed E-state index contributed by atoms with van der Waals surface area (Å²) in [6, 6.07) is 8.09. The predicted molar refractivity (Wildman–Crippen MR) is 121 cm³/mol. The number of hydrogen-bond donors (Lipinski definition) is 0. The molecule has 0 radical (unpaired) electrons. The molecule has 1 aromatic rings. The van der Waals surface area contributed by atoms with Gasteiger partial charge < -0.3 is 9.64 Å². The van der Waals surface area contributed by atoms with E-state index < -0.39 is 0 Å². The minimum absolute atomic E-state index is 0.0273. The van der Waals surface area contributed by atoms with Gasteiger partial charge in [-0.1, -0.05) is 35.7 Å². The largest absolute Gasteiger partial charge is 0.462 e. The smallest absolute Gasteiger partial charge is 0.310 e.